The number of aliphatic hydroxyl groups excluding tert-OH is 1. The van der Waals surface area contributed by atoms with Crippen molar-refractivity contribution in [3.8, 4) is 0 Å². The van der Waals surface area contributed by atoms with Gasteiger partial charge in [-0.05, 0) is 104 Å². The first-order valence-corrected chi connectivity index (χ1v) is 17.3. The molecule has 4 aliphatic carbocycles. The van der Waals surface area contributed by atoms with Crippen LogP contribution in [0.3, 0.4) is 0 Å². The lowest BCUT2D eigenvalue weighted by Crippen LogP contribution is -2.51. The largest absolute Gasteiger partial charge is 0.462 e. The molecule has 9 unspecified atom stereocenters. The van der Waals surface area contributed by atoms with E-state index in [1.165, 1.54) is 56.9 Å². The van der Waals surface area contributed by atoms with E-state index in [0.717, 1.165) is 60.7 Å². The molecular formula is C36H60O6. The van der Waals surface area contributed by atoms with Gasteiger partial charge in [-0.3, -0.25) is 9.59 Å². The van der Waals surface area contributed by atoms with Crippen LogP contribution >= 0.6 is 0 Å². The van der Waals surface area contributed by atoms with E-state index in [0.29, 0.717) is 5.41 Å². The van der Waals surface area contributed by atoms with Crippen LogP contribution in [0.1, 0.15) is 125 Å². The van der Waals surface area contributed by atoms with Gasteiger partial charge in [0.1, 0.15) is 6.10 Å². The molecule has 0 aromatic carbocycles. The minimum Gasteiger partial charge on any atom is -0.462 e. The highest BCUT2D eigenvalue weighted by molar-refractivity contribution is 5.77. The van der Waals surface area contributed by atoms with Gasteiger partial charge in [0.2, 0.25) is 0 Å². The summed E-state index contributed by atoms with van der Waals surface area (Å²) in [6.45, 7) is 14.7. The van der Waals surface area contributed by atoms with E-state index in [4.69, 9.17) is 19.3 Å². The summed E-state index contributed by atoms with van der Waals surface area (Å²) in [5.41, 5.74) is 2.22. The van der Waals surface area contributed by atoms with Gasteiger partial charge in [0, 0.05) is 6.42 Å². The van der Waals surface area contributed by atoms with Crippen LogP contribution in [-0.2, 0) is 23.8 Å². The fraction of sp³-hybridized carbons (Fsp3) is 0.889. The second kappa shape index (κ2) is 14.6. The highest BCUT2D eigenvalue weighted by atomic mass is 16.7. The maximum absolute atomic E-state index is 12.5. The number of rotatable bonds is 14. The first-order chi connectivity index (χ1) is 20.0. The molecule has 1 N–H and O–H groups in total. The van der Waals surface area contributed by atoms with Gasteiger partial charge in [0.15, 0.2) is 6.79 Å². The normalized spacial score (nSPS) is 35.4. The van der Waals surface area contributed by atoms with Crippen LogP contribution in [0.2, 0.25) is 0 Å². The van der Waals surface area contributed by atoms with Gasteiger partial charge in [-0.2, -0.15) is 0 Å². The maximum atomic E-state index is 12.5. The molecule has 3 saturated carbocycles. The molecule has 0 heterocycles. The Morgan fingerprint density at radius 2 is 1.76 bits per heavy atom. The summed E-state index contributed by atoms with van der Waals surface area (Å²) in [5.74, 6) is 4.90. The van der Waals surface area contributed by atoms with Gasteiger partial charge in [-0.15, -0.1) is 0 Å². The van der Waals surface area contributed by atoms with E-state index in [-0.39, 0.29) is 50.3 Å². The Labute approximate surface area is 255 Å². The third-order valence-corrected chi connectivity index (χ3v) is 12.6. The second-order valence-electron chi connectivity index (χ2n) is 15.1. The molecule has 0 saturated heterocycles. The molecular weight excluding hydrogens is 528 g/mol. The van der Waals surface area contributed by atoms with Crippen molar-refractivity contribution in [2.24, 2.45) is 52.3 Å². The van der Waals surface area contributed by atoms with Gasteiger partial charge >= 0.3 is 11.9 Å². The summed E-state index contributed by atoms with van der Waals surface area (Å²) in [7, 11) is 0. The molecule has 0 spiro atoms. The number of hydrogen-bond acceptors (Lipinski definition) is 6. The monoisotopic (exact) mass is 588 g/mol. The summed E-state index contributed by atoms with van der Waals surface area (Å²) in [6, 6.07) is 0. The molecule has 6 nitrogen and oxygen atoms in total. The van der Waals surface area contributed by atoms with Crippen LogP contribution in [-0.4, -0.2) is 43.2 Å². The Kier molecular flexibility index (Phi) is 11.6. The molecule has 0 aromatic rings. The first-order valence-electron chi connectivity index (χ1n) is 17.3. The van der Waals surface area contributed by atoms with Gasteiger partial charge in [0.05, 0.1) is 26.1 Å². The zero-order valence-corrected chi connectivity index (χ0v) is 27.5. The molecule has 6 heteroatoms. The lowest BCUT2D eigenvalue weighted by atomic mass is 9.47. The summed E-state index contributed by atoms with van der Waals surface area (Å²) < 4.78 is 15.7. The molecule has 240 valence electrons. The van der Waals surface area contributed by atoms with Crippen LogP contribution in [0.4, 0.5) is 0 Å². The molecule has 42 heavy (non-hydrogen) atoms. The number of carbonyl (C=O) groups is 2. The van der Waals surface area contributed by atoms with Gasteiger partial charge in [0.25, 0.3) is 0 Å². The third-order valence-electron chi connectivity index (χ3n) is 12.6. The van der Waals surface area contributed by atoms with Gasteiger partial charge in [-0.25, -0.2) is 0 Å². The standard InChI is InChI=1S/C36H60O6/c1-7-26(24(2)3)9-8-25(4)30-12-13-31-29-11-10-27-22-28(16-18-35(27,5)32(29)17-19-36(30,31)6)42-34(39)15-14-33(38)41-23-40-21-20-37/h10,24-26,28-32,37H,7-9,11-23H2,1-6H3. The zero-order chi connectivity index (χ0) is 30.5. The molecule has 0 bridgehead atoms. The van der Waals surface area contributed by atoms with Crippen molar-refractivity contribution in [2.45, 2.75) is 131 Å². The van der Waals surface area contributed by atoms with Crippen molar-refractivity contribution >= 4 is 11.9 Å². The fourth-order valence-corrected chi connectivity index (χ4v) is 10.1. The Hall–Kier alpha value is -1.40. The molecule has 0 aliphatic heterocycles. The van der Waals surface area contributed by atoms with Crippen LogP contribution in [0.25, 0.3) is 0 Å². The minimum atomic E-state index is -0.490. The Bertz CT molecular complexity index is 943. The van der Waals surface area contributed by atoms with Crippen molar-refractivity contribution in [2.75, 3.05) is 20.0 Å². The Balaban J connectivity index is 1.31. The lowest BCUT2D eigenvalue weighted by molar-refractivity contribution is -0.161. The van der Waals surface area contributed by atoms with Gasteiger partial charge in [-0.1, -0.05) is 66.0 Å². The van der Waals surface area contributed by atoms with E-state index in [2.05, 4.69) is 47.6 Å². The van der Waals surface area contributed by atoms with Crippen LogP contribution in [0, 0.1) is 52.3 Å². The summed E-state index contributed by atoms with van der Waals surface area (Å²) in [5, 5.41) is 8.70. The fourth-order valence-electron chi connectivity index (χ4n) is 10.1. The summed E-state index contributed by atoms with van der Waals surface area (Å²) in [6.07, 6.45) is 16.1. The second-order valence-corrected chi connectivity index (χ2v) is 15.1. The third kappa shape index (κ3) is 7.28. The van der Waals surface area contributed by atoms with Crippen LogP contribution < -0.4 is 0 Å². The van der Waals surface area contributed by atoms with E-state index < -0.39 is 5.97 Å². The SMILES string of the molecule is CCC(CCC(C)C1CCC2C3CC=C4CC(OC(=O)CCC(=O)OCOCCO)CCC4(C)C3CCC12C)C(C)C. The smallest absolute Gasteiger partial charge is 0.308 e. The quantitative estimate of drug-likeness (QED) is 0.0963. The van der Waals surface area contributed by atoms with Crippen molar-refractivity contribution in [1.82, 2.24) is 0 Å². The molecule has 4 rings (SSSR count). The Morgan fingerprint density at radius 1 is 1.00 bits per heavy atom. The van der Waals surface area contributed by atoms with Crippen molar-refractivity contribution < 1.29 is 28.9 Å². The van der Waals surface area contributed by atoms with E-state index in [1.54, 1.807) is 0 Å². The zero-order valence-electron chi connectivity index (χ0n) is 27.5. The predicted octanol–water partition coefficient (Wildman–Crippen LogP) is 7.87. The highest BCUT2D eigenvalue weighted by Crippen LogP contribution is 2.67. The number of esters is 2. The highest BCUT2D eigenvalue weighted by Gasteiger charge is 2.59. The van der Waals surface area contributed by atoms with Crippen molar-refractivity contribution in [3.63, 3.8) is 0 Å². The molecule has 0 amide bonds. The number of aliphatic hydroxyl groups is 1. The number of fused-ring (bicyclic) bond motifs is 5. The average Bonchev–Trinajstić information content (AvgIpc) is 3.32. The van der Waals surface area contributed by atoms with Crippen molar-refractivity contribution in [1.29, 1.82) is 0 Å². The van der Waals surface area contributed by atoms with E-state index >= 15 is 0 Å². The lowest BCUT2D eigenvalue weighted by Gasteiger charge is -2.58. The molecule has 3 fully saturated rings. The van der Waals surface area contributed by atoms with E-state index in [9.17, 15) is 9.59 Å². The number of allylic oxidation sites excluding steroid dienone is 1. The molecule has 0 radical (unpaired) electrons. The maximum Gasteiger partial charge on any atom is 0.308 e. The topological polar surface area (TPSA) is 82.1 Å². The molecule has 0 aromatic heterocycles. The predicted molar refractivity (Wildman–Crippen MR) is 165 cm³/mol. The number of ether oxygens (including phenoxy) is 3. The number of hydrogen-bond donors (Lipinski definition) is 1. The van der Waals surface area contributed by atoms with Crippen LogP contribution in [0.5, 0.6) is 0 Å². The Morgan fingerprint density at radius 3 is 2.48 bits per heavy atom. The van der Waals surface area contributed by atoms with Gasteiger partial charge < -0.3 is 19.3 Å². The number of carbonyl (C=O) groups excluding carboxylic acids is 2. The summed E-state index contributed by atoms with van der Waals surface area (Å²) >= 11 is 0. The minimum absolute atomic E-state index is 0.0190. The average molecular weight is 589 g/mol. The first kappa shape index (κ1) is 33.5. The van der Waals surface area contributed by atoms with Crippen LogP contribution in [0.15, 0.2) is 11.6 Å². The van der Waals surface area contributed by atoms with Crippen molar-refractivity contribution in [3.05, 3.63) is 11.6 Å². The van der Waals surface area contributed by atoms with E-state index in [1.807, 2.05) is 0 Å². The molecule has 9 atom stereocenters. The summed E-state index contributed by atoms with van der Waals surface area (Å²) in [4.78, 5) is 24.4. The molecule has 4 aliphatic rings.